The second-order valence-electron chi connectivity index (χ2n) is 4.95. The van der Waals surface area contributed by atoms with Gasteiger partial charge < -0.3 is 10.1 Å². The fraction of sp³-hybridized carbons (Fsp3) is 0.692. The molecule has 0 bridgehead atoms. The van der Waals surface area contributed by atoms with Crippen LogP contribution in [0.1, 0.15) is 49.2 Å². The highest BCUT2D eigenvalue weighted by molar-refractivity contribution is 7.10. The lowest BCUT2D eigenvalue weighted by Gasteiger charge is -2.13. The summed E-state index contributed by atoms with van der Waals surface area (Å²) in [5, 5.41) is 4.32. The van der Waals surface area contributed by atoms with Crippen molar-refractivity contribution >= 4 is 22.5 Å². The van der Waals surface area contributed by atoms with Gasteiger partial charge in [-0.1, -0.05) is 6.92 Å². The van der Waals surface area contributed by atoms with E-state index in [4.69, 9.17) is 4.74 Å². The van der Waals surface area contributed by atoms with Gasteiger partial charge in [0.15, 0.2) is 0 Å². The fourth-order valence-electron chi connectivity index (χ4n) is 2.44. The molecule has 0 amide bonds. The Morgan fingerprint density at radius 1 is 1.56 bits per heavy atom. The maximum atomic E-state index is 11.9. The number of carbonyl (C=O) groups is 1. The topological polar surface area (TPSA) is 51.2 Å². The van der Waals surface area contributed by atoms with Crippen molar-refractivity contribution < 1.29 is 9.53 Å². The van der Waals surface area contributed by atoms with Crippen LogP contribution in [-0.4, -0.2) is 23.0 Å². The van der Waals surface area contributed by atoms with Crippen LogP contribution in [0.3, 0.4) is 0 Å². The molecule has 1 N–H and O–H groups in total. The Morgan fingerprint density at radius 2 is 2.33 bits per heavy atom. The number of aryl methyl sites for hydroxylation is 1. The van der Waals surface area contributed by atoms with Crippen molar-refractivity contribution in [3.63, 3.8) is 0 Å². The first-order valence-electron chi connectivity index (χ1n) is 6.51. The number of nitrogens with one attached hydrogen (secondary N) is 1. The maximum absolute atomic E-state index is 11.9. The first-order chi connectivity index (χ1) is 8.61. The summed E-state index contributed by atoms with van der Waals surface area (Å²) in [6.07, 6.45) is 3.59. The Kier molecular flexibility index (Phi) is 4.22. The summed E-state index contributed by atoms with van der Waals surface area (Å²) in [5.74, 6) is 0.500. The Bertz CT molecular complexity index is 431. The van der Waals surface area contributed by atoms with E-state index >= 15 is 0 Å². The lowest BCUT2D eigenvalue weighted by molar-refractivity contribution is 0.0527. The quantitative estimate of drug-likeness (QED) is 0.852. The van der Waals surface area contributed by atoms with Crippen molar-refractivity contribution in [1.29, 1.82) is 0 Å². The second-order valence-corrected chi connectivity index (χ2v) is 5.73. The minimum atomic E-state index is -0.266. The van der Waals surface area contributed by atoms with Gasteiger partial charge in [0.05, 0.1) is 12.3 Å². The number of hydrogen-bond donors (Lipinski definition) is 1. The Balaban J connectivity index is 2.11. The Morgan fingerprint density at radius 3 is 2.94 bits per heavy atom. The summed E-state index contributed by atoms with van der Waals surface area (Å²) < 4.78 is 9.34. The molecule has 100 valence electrons. The van der Waals surface area contributed by atoms with Crippen LogP contribution >= 0.6 is 11.5 Å². The van der Waals surface area contributed by atoms with Crippen LogP contribution in [0.2, 0.25) is 0 Å². The highest BCUT2D eigenvalue weighted by atomic mass is 32.1. The minimum Gasteiger partial charge on any atom is -0.462 e. The largest absolute Gasteiger partial charge is 0.462 e. The molecule has 2 rings (SSSR count). The SMILES string of the molecule is CCOC(=O)c1c(C)nsc1NC1CCC(C)C1. The molecule has 4 nitrogen and oxygen atoms in total. The minimum absolute atomic E-state index is 0.266. The van der Waals surface area contributed by atoms with E-state index in [1.54, 1.807) is 0 Å². The molecule has 1 heterocycles. The summed E-state index contributed by atoms with van der Waals surface area (Å²) in [4.78, 5) is 11.9. The molecule has 0 radical (unpaired) electrons. The highest BCUT2D eigenvalue weighted by Crippen LogP contribution is 2.31. The molecular formula is C13H20N2O2S. The van der Waals surface area contributed by atoms with Crippen LogP contribution in [0, 0.1) is 12.8 Å². The van der Waals surface area contributed by atoms with Crippen LogP contribution < -0.4 is 5.32 Å². The van der Waals surface area contributed by atoms with Crippen molar-refractivity contribution in [3.8, 4) is 0 Å². The Labute approximate surface area is 112 Å². The second kappa shape index (κ2) is 5.69. The summed E-state index contributed by atoms with van der Waals surface area (Å²) in [5.41, 5.74) is 1.37. The molecule has 0 saturated heterocycles. The summed E-state index contributed by atoms with van der Waals surface area (Å²) >= 11 is 1.36. The standard InChI is InChI=1S/C13H20N2O2S/c1-4-17-13(16)11-9(3)15-18-12(11)14-10-6-5-8(2)7-10/h8,10,14H,4-7H2,1-3H3. The van der Waals surface area contributed by atoms with Crippen LogP contribution in [0.15, 0.2) is 0 Å². The average molecular weight is 268 g/mol. The highest BCUT2D eigenvalue weighted by Gasteiger charge is 2.25. The van der Waals surface area contributed by atoms with Gasteiger partial charge in [0, 0.05) is 6.04 Å². The molecule has 5 heteroatoms. The molecule has 1 fully saturated rings. The molecule has 2 atom stereocenters. The molecule has 0 aromatic carbocycles. The predicted octanol–water partition coefficient (Wildman–Crippen LogP) is 3.23. The van der Waals surface area contributed by atoms with Gasteiger partial charge in [0.2, 0.25) is 0 Å². The maximum Gasteiger partial charge on any atom is 0.343 e. The molecule has 2 unspecified atom stereocenters. The van der Waals surface area contributed by atoms with E-state index in [0.29, 0.717) is 18.2 Å². The molecule has 0 spiro atoms. The van der Waals surface area contributed by atoms with Gasteiger partial charge in [0.1, 0.15) is 10.6 Å². The van der Waals surface area contributed by atoms with E-state index in [1.165, 1.54) is 30.8 Å². The van der Waals surface area contributed by atoms with Crippen LogP contribution in [0.25, 0.3) is 0 Å². The number of nitrogens with zero attached hydrogens (tertiary/aromatic N) is 1. The number of hydrogen-bond acceptors (Lipinski definition) is 5. The number of rotatable bonds is 4. The van der Waals surface area contributed by atoms with Crippen molar-refractivity contribution in [2.75, 3.05) is 11.9 Å². The van der Waals surface area contributed by atoms with E-state index in [-0.39, 0.29) is 5.97 Å². The van der Waals surface area contributed by atoms with Gasteiger partial charge in [-0.3, -0.25) is 0 Å². The average Bonchev–Trinajstić information content (AvgIpc) is 2.87. The fourth-order valence-corrected chi connectivity index (χ4v) is 3.30. The summed E-state index contributed by atoms with van der Waals surface area (Å²) in [6.45, 7) is 6.34. The first-order valence-corrected chi connectivity index (χ1v) is 7.29. The number of ether oxygens (including phenoxy) is 1. The van der Waals surface area contributed by atoms with Gasteiger partial charge in [0.25, 0.3) is 0 Å². The molecule has 1 aromatic heterocycles. The predicted molar refractivity (Wildman–Crippen MR) is 73.2 cm³/mol. The lowest BCUT2D eigenvalue weighted by Crippen LogP contribution is -2.17. The molecular weight excluding hydrogens is 248 g/mol. The smallest absolute Gasteiger partial charge is 0.343 e. The number of carbonyl (C=O) groups excluding carboxylic acids is 1. The van der Waals surface area contributed by atoms with Crippen molar-refractivity contribution in [1.82, 2.24) is 4.37 Å². The number of aromatic nitrogens is 1. The molecule has 1 saturated carbocycles. The molecule has 18 heavy (non-hydrogen) atoms. The third-order valence-corrected chi connectivity index (χ3v) is 4.24. The van der Waals surface area contributed by atoms with Crippen molar-refractivity contribution in [2.24, 2.45) is 5.92 Å². The van der Waals surface area contributed by atoms with Crippen LogP contribution in [0.5, 0.6) is 0 Å². The van der Waals surface area contributed by atoms with Crippen LogP contribution in [-0.2, 0) is 4.74 Å². The van der Waals surface area contributed by atoms with Gasteiger partial charge in [-0.05, 0) is 50.6 Å². The Hall–Kier alpha value is -1.10. The van der Waals surface area contributed by atoms with Gasteiger partial charge in [-0.15, -0.1) is 0 Å². The zero-order valence-corrected chi connectivity index (χ0v) is 12.0. The molecule has 1 aromatic rings. The van der Waals surface area contributed by atoms with E-state index in [2.05, 4.69) is 16.6 Å². The monoisotopic (exact) mass is 268 g/mol. The van der Waals surface area contributed by atoms with E-state index in [9.17, 15) is 4.79 Å². The van der Waals surface area contributed by atoms with Gasteiger partial charge in [-0.2, -0.15) is 4.37 Å². The lowest BCUT2D eigenvalue weighted by atomic mass is 10.1. The third kappa shape index (κ3) is 2.83. The first kappa shape index (κ1) is 13.3. The molecule has 1 aliphatic carbocycles. The number of anilines is 1. The van der Waals surface area contributed by atoms with Crippen molar-refractivity contribution in [2.45, 2.75) is 46.1 Å². The number of esters is 1. The zero-order chi connectivity index (χ0) is 13.1. The third-order valence-electron chi connectivity index (χ3n) is 3.37. The van der Waals surface area contributed by atoms with Crippen LogP contribution in [0.4, 0.5) is 5.00 Å². The van der Waals surface area contributed by atoms with Crippen molar-refractivity contribution in [3.05, 3.63) is 11.3 Å². The molecule has 0 aliphatic heterocycles. The molecule has 1 aliphatic rings. The normalized spacial score (nSPS) is 23.1. The zero-order valence-electron chi connectivity index (χ0n) is 11.2. The van der Waals surface area contributed by atoms with Gasteiger partial charge in [-0.25, -0.2) is 4.79 Å². The summed E-state index contributed by atoms with van der Waals surface area (Å²) in [6, 6.07) is 0.466. The van der Waals surface area contributed by atoms with E-state index in [0.717, 1.165) is 16.6 Å². The summed E-state index contributed by atoms with van der Waals surface area (Å²) in [7, 11) is 0. The van der Waals surface area contributed by atoms with E-state index in [1.807, 2.05) is 13.8 Å². The van der Waals surface area contributed by atoms with E-state index < -0.39 is 0 Å². The van der Waals surface area contributed by atoms with Gasteiger partial charge >= 0.3 is 5.97 Å².